The minimum atomic E-state index is 0.627. The van der Waals surface area contributed by atoms with Gasteiger partial charge in [0, 0.05) is 43.9 Å². The van der Waals surface area contributed by atoms with Gasteiger partial charge >= 0.3 is 0 Å². The fourth-order valence-electron chi connectivity index (χ4n) is 7.09. The Hall–Kier alpha value is -6.59. The van der Waals surface area contributed by atoms with Gasteiger partial charge in [-0.05, 0) is 47.2 Å². The molecule has 7 aromatic carbocycles. The molecule has 0 amide bonds. The maximum atomic E-state index is 6.72. The van der Waals surface area contributed by atoms with Gasteiger partial charge in [-0.2, -0.15) is 0 Å². The summed E-state index contributed by atoms with van der Waals surface area (Å²) < 4.78 is 9.06. The quantitative estimate of drug-likeness (QED) is 0.198. The van der Waals surface area contributed by atoms with E-state index in [0.29, 0.717) is 17.5 Å². The number of hydrogen-bond donors (Lipinski definition) is 0. The average Bonchev–Trinajstić information content (AvgIpc) is 3.73. The van der Waals surface area contributed by atoms with Gasteiger partial charge in [-0.3, -0.25) is 0 Å². The Balaban J connectivity index is 1.21. The smallest absolute Gasteiger partial charge is 0.164 e. The first-order valence-electron chi connectivity index (χ1n) is 16.0. The molecule has 3 heterocycles. The standard InChI is InChI=1S/C43H26N4O/c1-3-13-27(14-4-1)41-44-42(28-15-5-2-6-16-28)46-43(45-41)29-23-25-30(26-24-29)47-35-21-11-9-19-33(35)37-31-17-7-8-18-32(31)38-34-20-10-12-22-36(34)48-40(38)39(37)47/h1-26H. The Kier molecular flexibility index (Phi) is 5.81. The molecule has 5 heteroatoms. The highest BCUT2D eigenvalue weighted by atomic mass is 16.3. The summed E-state index contributed by atoms with van der Waals surface area (Å²) in [6, 6.07) is 54.3. The lowest BCUT2D eigenvalue weighted by Crippen LogP contribution is -2.00. The first-order chi connectivity index (χ1) is 23.8. The van der Waals surface area contributed by atoms with Crippen LogP contribution in [0.25, 0.3) is 94.4 Å². The minimum Gasteiger partial charge on any atom is -0.454 e. The number of aromatic nitrogens is 4. The Labute approximate surface area is 275 Å². The highest BCUT2D eigenvalue weighted by Gasteiger charge is 2.23. The third-order valence-electron chi connectivity index (χ3n) is 9.23. The van der Waals surface area contributed by atoms with E-state index >= 15 is 0 Å². The van der Waals surface area contributed by atoms with Gasteiger partial charge in [-0.25, -0.2) is 15.0 Å². The van der Waals surface area contributed by atoms with Crippen molar-refractivity contribution in [2.24, 2.45) is 0 Å². The van der Waals surface area contributed by atoms with Crippen molar-refractivity contribution in [2.75, 3.05) is 0 Å². The topological polar surface area (TPSA) is 56.7 Å². The van der Waals surface area contributed by atoms with Gasteiger partial charge in [0.2, 0.25) is 0 Å². The highest BCUT2D eigenvalue weighted by Crippen LogP contribution is 2.45. The SMILES string of the molecule is c1ccc(-c2nc(-c3ccccc3)nc(-c3ccc(-n4c5ccccc5c5c6ccccc6c6c7ccccc7oc6c54)cc3)n2)cc1. The van der Waals surface area contributed by atoms with Crippen LogP contribution in [0.3, 0.4) is 0 Å². The van der Waals surface area contributed by atoms with E-state index in [9.17, 15) is 0 Å². The second kappa shape index (κ2) is 10.5. The Morgan fingerprint density at radius 1 is 0.396 bits per heavy atom. The van der Waals surface area contributed by atoms with Gasteiger partial charge in [-0.15, -0.1) is 0 Å². The van der Waals surface area contributed by atoms with Crippen molar-refractivity contribution >= 4 is 54.5 Å². The molecule has 0 unspecified atom stereocenters. The van der Waals surface area contributed by atoms with Gasteiger partial charge < -0.3 is 8.98 Å². The molecule has 0 fully saturated rings. The number of hydrogen-bond acceptors (Lipinski definition) is 4. The monoisotopic (exact) mass is 614 g/mol. The van der Waals surface area contributed by atoms with Crippen LogP contribution in [0.5, 0.6) is 0 Å². The Morgan fingerprint density at radius 2 is 0.875 bits per heavy atom. The molecule has 0 saturated carbocycles. The third kappa shape index (κ3) is 4.01. The number of nitrogens with zero attached hydrogens (tertiary/aromatic N) is 4. The highest BCUT2D eigenvalue weighted by molar-refractivity contribution is 6.35. The van der Waals surface area contributed by atoms with Gasteiger partial charge in [0.25, 0.3) is 0 Å². The summed E-state index contributed by atoms with van der Waals surface area (Å²) in [7, 11) is 0. The van der Waals surface area contributed by atoms with Crippen molar-refractivity contribution in [2.45, 2.75) is 0 Å². The molecular weight excluding hydrogens is 589 g/mol. The molecule has 10 aromatic rings. The maximum absolute atomic E-state index is 6.72. The van der Waals surface area contributed by atoms with Gasteiger partial charge in [0.05, 0.1) is 11.0 Å². The van der Waals surface area contributed by atoms with Crippen molar-refractivity contribution in [3.05, 3.63) is 158 Å². The van der Waals surface area contributed by atoms with E-state index < -0.39 is 0 Å². The molecular formula is C43H26N4O. The molecule has 3 aromatic heterocycles. The zero-order valence-electron chi connectivity index (χ0n) is 25.7. The number of furan rings is 1. The number of fused-ring (bicyclic) bond motifs is 10. The normalized spacial score (nSPS) is 11.8. The van der Waals surface area contributed by atoms with E-state index in [2.05, 4.69) is 95.6 Å². The summed E-state index contributed by atoms with van der Waals surface area (Å²) in [6.07, 6.45) is 0. The summed E-state index contributed by atoms with van der Waals surface area (Å²) in [6.45, 7) is 0. The van der Waals surface area contributed by atoms with Gasteiger partial charge in [0.15, 0.2) is 23.1 Å². The van der Waals surface area contributed by atoms with Crippen LogP contribution in [0.4, 0.5) is 0 Å². The van der Waals surface area contributed by atoms with Crippen LogP contribution in [0, 0.1) is 0 Å². The average molecular weight is 615 g/mol. The maximum Gasteiger partial charge on any atom is 0.164 e. The zero-order chi connectivity index (χ0) is 31.6. The first-order valence-corrected chi connectivity index (χ1v) is 16.0. The van der Waals surface area contributed by atoms with Crippen LogP contribution >= 0.6 is 0 Å². The van der Waals surface area contributed by atoms with Crippen LogP contribution in [-0.4, -0.2) is 19.5 Å². The molecule has 5 nitrogen and oxygen atoms in total. The second-order valence-corrected chi connectivity index (χ2v) is 12.0. The predicted octanol–water partition coefficient (Wildman–Crippen LogP) is 11.0. The fraction of sp³-hybridized carbons (Fsp3) is 0. The molecule has 0 N–H and O–H groups in total. The van der Waals surface area contributed by atoms with Gasteiger partial charge in [-0.1, -0.05) is 121 Å². The van der Waals surface area contributed by atoms with Crippen LogP contribution in [0.15, 0.2) is 162 Å². The number of rotatable bonds is 4. The largest absolute Gasteiger partial charge is 0.454 e. The molecule has 0 radical (unpaired) electrons. The molecule has 0 saturated heterocycles. The molecule has 0 spiro atoms. The van der Waals surface area contributed by atoms with Crippen LogP contribution < -0.4 is 0 Å². The lowest BCUT2D eigenvalue weighted by atomic mass is 9.99. The molecule has 0 atom stereocenters. The molecule has 224 valence electrons. The van der Waals surface area contributed by atoms with Crippen molar-refractivity contribution in [1.29, 1.82) is 0 Å². The van der Waals surface area contributed by atoms with Crippen LogP contribution in [0.2, 0.25) is 0 Å². The third-order valence-corrected chi connectivity index (χ3v) is 9.23. The Bertz CT molecular complexity index is 2760. The van der Waals surface area contributed by atoms with Crippen LogP contribution in [0.1, 0.15) is 0 Å². The fourth-order valence-corrected chi connectivity index (χ4v) is 7.09. The van der Waals surface area contributed by atoms with E-state index in [0.717, 1.165) is 55.3 Å². The molecule has 0 aliphatic heterocycles. The summed E-state index contributed by atoms with van der Waals surface area (Å²) in [5.74, 6) is 1.91. The molecule has 0 aliphatic carbocycles. The lowest BCUT2D eigenvalue weighted by molar-refractivity contribution is 0.671. The first kappa shape index (κ1) is 26.6. The summed E-state index contributed by atoms with van der Waals surface area (Å²) in [4.78, 5) is 14.8. The second-order valence-electron chi connectivity index (χ2n) is 12.0. The Morgan fingerprint density at radius 3 is 1.50 bits per heavy atom. The van der Waals surface area contributed by atoms with Gasteiger partial charge in [0.1, 0.15) is 5.58 Å². The van der Waals surface area contributed by atoms with Crippen molar-refractivity contribution in [3.8, 4) is 39.9 Å². The summed E-state index contributed by atoms with van der Waals surface area (Å²) >= 11 is 0. The van der Waals surface area contributed by atoms with E-state index in [1.165, 1.54) is 21.5 Å². The van der Waals surface area contributed by atoms with E-state index in [4.69, 9.17) is 19.4 Å². The number of para-hydroxylation sites is 2. The summed E-state index contributed by atoms with van der Waals surface area (Å²) in [5.41, 5.74) is 7.80. The van der Waals surface area contributed by atoms with Crippen molar-refractivity contribution < 1.29 is 4.42 Å². The molecule has 10 rings (SSSR count). The molecule has 0 bridgehead atoms. The van der Waals surface area contributed by atoms with E-state index in [1.54, 1.807) is 0 Å². The molecule has 0 aliphatic rings. The van der Waals surface area contributed by atoms with Crippen molar-refractivity contribution in [1.82, 2.24) is 19.5 Å². The van der Waals surface area contributed by atoms with E-state index in [-0.39, 0.29) is 0 Å². The minimum absolute atomic E-state index is 0.627. The lowest BCUT2D eigenvalue weighted by Gasteiger charge is -2.11. The van der Waals surface area contributed by atoms with Crippen molar-refractivity contribution in [3.63, 3.8) is 0 Å². The summed E-state index contributed by atoms with van der Waals surface area (Å²) in [5, 5.41) is 7.05. The van der Waals surface area contributed by atoms with Crippen LogP contribution in [-0.2, 0) is 0 Å². The predicted molar refractivity (Wildman–Crippen MR) is 195 cm³/mol. The van der Waals surface area contributed by atoms with E-state index in [1.807, 2.05) is 66.7 Å². The molecule has 48 heavy (non-hydrogen) atoms. The number of benzene rings is 7. The zero-order valence-corrected chi connectivity index (χ0v) is 25.7.